The Hall–Kier alpha value is -1.41. The van der Waals surface area contributed by atoms with E-state index in [1.165, 1.54) is 23.1 Å². The zero-order valence-electron chi connectivity index (χ0n) is 8.28. The zero-order valence-corrected chi connectivity index (χ0v) is 9.87. The third-order valence-electron chi connectivity index (χ3n) is 2.51. The predicted molar refractivity (Wildman–Crippen MR) is 60.2 cm³/mol. The number of hydrogen-bond donors (Lipinski definition) is 0. The molecule has 3 nitrogen and oxygen atoms in total. The number of nitriles is 1. The van der Waals surface area contributed by atoms with Crippen molar-refractivity contribution in [1.82, 2.24) is 0 Å². The Labute approximate surface area is 101 Å². The molecule has 0 N–H and O–H groups in total. The number of rotatable bonds is 1. The van der Waals surface area contributed by atoms with Crippen LogP contribution in [0.25, 0.3) is 0 Å². The Morgan fingerprint density at radius 1 is 1.56 bits per heavy atom. The summed E-state index contributed by atoms with van der Waals surface area (Å²) < 4.78 is 13.4. The van der Waals surface area contributed by atoms with Gasteiger partial charge in [-0.05, 0) is 34.1 Å². The SMILES string of the molecule is N#CC1CC(=O)N(c2ccc(F)cc2Br)C1. The van der Waals surface area contributed by atoms with Crippen molar-refractivity contribution < 1.29 is 9.18 Å². The highest BCUT2D eigenvalue weighted by molar-refractivity contribution is 9.10. The summed E-state index contributed by atoms with van der Waals surface area (Å²) in [6, 6.07) is 6.22. The Bertz CT molecular complexity index is 483. The van der Waals surface area contributed by atoms with Crippen molar-refractivity contribution in [2.75, 3.05) is 11.4 Å². The summed E-state index contributed by atoms with van der Waals surface area (Å²) in [4.78, 5) is 13.2. The monoisotopic (exact) mass is 282 g/mol. The Morgan fingerprint density at radius 2 is 2.31 bits per heavy atom. The number of carbonyl (C=O) groups excluding carboxylic acids is 1. The third kappa shape index (κ3) is 1.93. The maximum absolute atomic E-state index is 12.9. The maximum atomic E-state index is 12.9. The highest BCUT2D eigenvalue weighted by Crippen LogP contribution is 2.31. The molecule has 2 rings (SSSR count). The smallest absolute Gasteiger partial charge is 0.228 e. The van der Waals surface area contributed by atoms with Crippen molar-refractivity contribution in [2.45, 2.75) is 6.42 Å². The minimum atomic E-state index is -0.362. The van der Waals surface area contributed by atoms with Crippen LogP contribution in [0.2, 0.25) is 0 Å². The van der Waals surface area contributed by atoms with Crippen LogP contribution in [0.3, 0.4) is 0 Å². The molecule has 1 unspecified atom stereocenters. The number of hydrogen-bond acceptors (Lipinski definition) is 2. The lowest BCUT2D eigenvalue weighted by Crippen LogP contribution is -2.24. The molecule has 0 spiro atoms. The fourth-order valence-corrected chi connectivity index (χ4v) is 2.29. The summed E-state index contributed by atoms with van der Waals surface area (Å²) >= 11 is 3.21. The fourth-order valence-electron chi connectivity index (χ4n) is 1.73. The molecule has 1 amide bonds. The lowest BCUT2D eigenvalue weighted by molar-refractivity contribution is -0.117. The van der Waals surface area contributed by atoms with Gasteiger partial charge in [-0.25, -0.2) is 4.39 Å². The molecule has 16 heavy (non-hydrogen) atoms. The maximum Gasteiger partial charge on any atom is 0.228 e. The molecule has 82 valence electrons. The van der Waals surface area contributed by atoms with E-state index in [1.54, 1.807) is 0 Å². The molecule has 1 atom stereocenters. The summed E-state index contributed by atoms with van der Waals surface area (Å²) in [6.07, 6.45) is 0.236. The minimum Gasteiger partial charge on any atom is -0.310 e. The molecule has 1 fully saturated rings. The van der Waals surface area contributed by atoms with Crippen LogP contribution in [0.15, 0.2) is 22.7 Å². The van der Waals surface area contributed by atoms with Crippen LogP contribution in [-0.2, 0) is 4.79 Å². The second-order valence-electron chi connectivity index (χ2n) is 3.63. The average molecular weight is 283 g/mol. The first-order chi connectivity index (χ1) is 7.61. The highest BCUT2D eigenvalue weighted by Gasteiger charge is 2.31. The molecule has 0 aliphatic carbocycles. The van der Waals surface area contributed by atoms with Gasteiger partial charge in [-0.1, -0.05) is 0 Å². The number of benzene rings is 1. The Kier molecular flexibility index (Phi) is 2.92. The van der Waals surface area contributed by atoms with Crippen molar-refractivity contribution in [1.29, 1.82) is 5.26 Å². The fraction of sp³-hybridized carbons (Fsp3) is 0.273. The van der Waals surface area contributed by atoms with Gasteiger partial charge in [0.05, 0.1) is 17.7 Å². The van der Waals surface area contributed by atoms with Crippen LogP contribution in [-0.4, -0.2) is 12.5 Å². The molecule has 1 aliphatic heterocycles. The second-order valence-corrected chi connectivity index (χ2v) is 4.48. The molecule has 1 saturated heterocycles. The molecule has 0 bridgehead atoms. The molecule has 1 aliphatic rings. The van der Waals surface area contributed by atoms with Crippen molar-refractivity contribution in [3.05, 3.63) is 28.5 Å². The molecular formula is C11H8BrFN2O. The molecule has 1 heterocycles. The van der Waals surface area contributed by atoms with Gasteiger partial charge >= 0.3 is 0 Å². The Morgan fingerprint density at radius 3 is 2.88 bits per heavy atom. The van der Waals surface area contributed by atoms with Crippen molar-refractivity contribution in [3.63, 3.8) is 0 Å². The summed E-state index contributed by atoms with van der Waals surface area (Å²) in [5, 5.41) is 8.76. The van der Waals surface area contributed by atoms with E-state index in [4.69, 9.17) is 5.26 Å². The van der Waals surface area contributed by atoms with E-state index in [0.29, 0.717) is 16.7 Å². The van der Waals surface area contributed by atoms with E-state index < -0.39 is 0 Å². The van der Waals surface area contributed by atoms with Crippen molar-refractivity contribution in [3.8, 4) is 6.07 Å². The topological polar surface area (TPSA) is 44.1 Å². The summed E-state index contributed by atoms with van der Waals surface area (Å²) in [5.74, 6) is -0.734. The van der Waals surface area contributed by atoms with Gasteiger partial charge in [0, 0.05) is 17.4 Å². The number of halogens is 2. The van der Waals surface area contributed by atoms with Crippen LogP contribution < -0.4 is 4.90 Å². The van der Waals surface area contributed by atoms with E-state index in [-0.39, 0.29) is 24.1 Å². The highest BCUT2D eigenvalue weighted by atomic mass is 79.9. The van der Waals surface area contributed by atoms with Gasteiger partial charge < -0.3 is 4.90 Å². The van der Waals surface area contributed by atoms with Crippen LogP contribution in [0, 0.1) is 23.1 Å². The number of amides is 1. The summed E-state index contributed by atoms with van der Waals surface area (Å²) in [7, 11) is 0. The lowest BCUT2D eigenvalue weighted by atomic mass is 10.1. The van der Waals surface area contributed by atoms with E-state index in [0.717, 1.165) is 0 Å². The first-order valence-electron chi connectivity index (χ1n) is 4.77. The quantitative estimate of drug-likeness (QED) is 0.794. The Balaban J connectivity index is 2.32. The van der Waals surface area contributed by atoms with Crippen LogP contribution in [0.5, 0.6) is 0 Å². The number of carbonyl (C=O) groups is 1. The van der Waals surface area contributed by atoms with Crippen LogP contribution >= 0.6 is 15.9 Å². The van der Waals surface area contributed by atoms with Gasteiger partial charge in [0.15, 0.2) is 0 Å². The van der Waals surface area contributed by atoms with Gasteiger partial charge in [0.25, 0.3) is 0 Å². The standard InChI is InChI=1S/C11H8BrFN2O/c12-9-4-8(13)1-2-10(9)15-6-7(5-14)3-11(15)16/h1-2,4,7H,3,6H2. The van der Waals surface area contributed by atoms with Gasteiger partial charge in [-0.3, -0.25) is 4.79 Å². The zero-order chi connectivity index (χ0) is 11.7. The third-order valence-corrected chi connectivity index (χ3v) is 3.14. The minimum absolute atomic E-state index is 0.0983. The second kappa shape index (κ2) is 4.22. The van der Waals surface area contributed by atoms with Crippen molar-refractivity contribution in [2.24, 2.45) is 5.92 Å². The predicted octanol–water partition coefficient (Wildman–Crippen LogP) is 2.46. The normalized spacial score (nSPS) is 19.9. The van der Waals surface area contributed by atoms with Gasteiger partial charge in [0.2, 0.25) is 5.91 Å². The summed E-state index contributed by atoms with van der Waals surface area (Å²) in [6.45, 7) is 0.375. The first-order valence-corrected chi connectivity index (χ1v) is 5.56. The lowest BCUT2D eigenvalue weighted by Gasteiger charge is -2.17. The van der Waals surface area contributed by atoms with Crippen molar-refractivity contribution >= 4 is 27.5 Å². The van der Waals surface area contributed by atoms with E-state index >= 15 is 0 Å². The average Bonchev–Trinajstić information content (AvgIpc) is 2.60. The first kappa shape index (κ1) is 11.1. The molecule has 1 aromatic carbocycles. The molecule has 0 radical (unpaired) electrons. The molecule has 0 saturated carbocycles. The molecular weight excluding hydrogens is 275 g/mol. The number of anilines is 1. The molecule has 0 aromatic heterocycles. The largest absolute Gasteiger partial charge is 0.310 e. The van der Waals surface area contributed by atoms with Gasteiger partial charge in [-0.2, -0.15) is 5.26 Å². The van der Waals surface area contributed by atoms with Crippen LogP contribution in [0.1, 0.15) is 6.42 Å². The van der Waals surface area contributed by atoms with E-state index in [2.05, 4.69) is 22.0 Å². The van der Waals surface area contributed by atoms with E-state index in [9.17, 15) is 9.18 Å². The van der Waals surface area contributed by atoms with Crippen LogP contribution in [0.4, 0.5) is 10.1 Å². The molecule has 5 heteroatoms. The van der Waals surface area contributed by atoms with Gasteiger partial charge in [-0.15, -0.1) is 0 Å². The van der Waals surface area contributed by atoms with Gasteiger partial charge in [0.1, 0.15) is 5.82 Å². The summed E-state index contributed by atoms with van der Waals surface area (Å²) in [5.41, 5.74) is 0.615. The number of nitrogens with zero attached hydrogens (tertiary/aromatic N) is 2. The molecule has 1 aromatic rings. The van der Waals surface area contributed by atoms with E-state index in [1.807, 2.05) is 0 Å².